The van der Waals surface area contributed by atoms with Crippen LogP contribution >= 0.6 is 22.9 Å². The molecule has 1 fully saturated rings. The van der Waals surface area contributed by atoms with E-state index in [1.807, 2.05) is 6.07 Å². The van der Waals surface area contributed by atoms with Crippen molar-refractivity contribution in [1.29, 1.82) is 0 Å². The van der Waals surface area contributed by atoms with Gasteiger partial charge in [0.2, 0.25) is 23.6 Å². The van der Waals surface area contributed by atoms with E-state index in [2.05, 4.69) is 31.2 Å². The van der Waals surface area contributed by atoms with E-state index < -0.39 is 29.9 Å². The lowest BCUT2D eigenvalue weighted by Crippen LogP contribution is -2.59. The number of benzene rings is 1. The van der Waals surface area contributed by atoms with E-state index in [4.69, 9.17) is 22.1 Å². The van der Waals surface area contributed by atoms with Gasteiger partial charge >= 0.3 is 0 Å². The standard InChI is InChI=1S/C32H42ClN7O5S/c1-2-27(41)37-25(18-28-38-23-10-9-21(33)17-26(23)46-28)31(43)40-29(20-11-15-45-16-12-20)32(44)39-24(8-3-5-13-34)30(42)36-19-22-7-4-6-14-35-22/h4,6-7,9-10,14,17,20,24-25,29H,2-3,5,8,11-13,15-16,18-19,34H2,1H3,(H,36,42)(H,37,41)(H,39,44)(H,40,43)/t24-,25-,29-/m0/s1. The summed E-state index contributed by atoms with van der Waals surface area (Å²) in [5.74, 6) is -1.87. The summed E-state index contributed by atoms with van der Waals surface area (Å²) >= 11 is 7.54. The fourth-order valence-electron chi connectivity index (χ4n) is 5.24. The molecule has 46 heavy (non-hydrogen) atoms. The zero-order chi connectivity index (χ0) is 32.9. The summed E-state index contributed by atoms with van der Waals surface area (Å²) in [5.41, 5.74) is 7.12. The maximum atomic E-state index is 13.9. The Morgan fingerprint density at radius 2 is 1.83 bits per heavy atom. The van der Waals surface area contributed by atoms with Crippen LogP contribution in [0.15, 0.2) is 42.6 Å². The second-order valence-corrected chi connectivity index (χ2v) is 12.8. The molecule has 3 atom stereocenters. The number of carbonyl (C=O) groups is 4. The van der Waals surface area contributed by atoms with Gasteiger partial charge in [0.05, 0.1) is 27.5 Å². The summed E-state index contributed by atoms with van der Waals surface area (Å²) in [6.45, 7) is 3.26. The number of hydrogen-bond acceptors (Lipinski definition) is 9. The Labute approximate surface area is 277 Å². The van der Waals surface area contributed by atoms with Crippen molar-refractivity contribution in [3.8, 4) is 0 Å². The average Bonchev–Trinajstić information content (AvgIpc) is 3.47. The number of unbranched alkanes of at least 4 members (excludes halogenated alkanes) is 1. The van der Waals surface area contributed by atoms with Crippen LogP contribution in [0.5, 0.6) is 0 Å². The van der Waals surface area contributed by atoms with Crippen LogP contribution in [0.4, 0.5) is 0 Å². The zero-order valence-corrected chi connectivity index (χ0v) is 27.5. The van der Waals surface area contributed by atoms with Crippen LogP contribution in [0.3, 0.4) is 0 Å². The summed E-state index contributed by atoms with van der Waals surface area (Å²) in [5, 5.41) is 12.7. The third-order valence-corrected chi connectivity index (χ3v) is 9.09. The number of aromatic nitrogens is 2. The van der Waals surface area contributed by atoms with Crippen molar-refractivity contribution in [2.45, 2.75) is 76.5 Å². The Hall–Kier alpha value is -3.65. The third-order valence-electron chi connectivity index (χ3n) is 7.81. The average molecular weight is 672 g/mol. The van der Waals surface area contributed by atoms with Gasteiger partial charge in [-0.05, 0) is 74.9 Å². The molecule has 1 aromatic carbocycles. The second-order valence-electron chi connectivity index (χ2n) is 11.2. The Morgan fingerprint density at radius 1 is 1.02 bits per heavy atom. The number of fused-ring (bicyclic) bond motifs is 1. The summed E-state index contributed by atoms with van der Waals surface area (Å²) in [7, 11) is 0. The first-order valence-electron chi connectivity index (χ1n) is 15.7. The molecule has 14 heteroatoms. The van der Waals surface area contributed by atoms with Crippen molar-refractivity contribution in [2.75, 3.05) is 19.8 Å². The summed E-state index contributed by atoms with van der Waals surface area (Å²) in [4.78, 5) is 62.4. The summed E-state index contributed by atoms with van der Waals surface area (Å²) < 4.78 is 6.39. The minimum Gasteiger partial charge on any atom is -0.381 e. The molecule has 6 N–H and O–H groups in total. The first-order chi connectivity index (χ1) is 22.3. The number of nitrogens with one attached hydrogen (secondary N) is 4. The van der Waals surface area contributed by atoms with Gasteiger partial charge in [0.15, 0.2) is 0 Å². The van der Waals surface area contributed by atoms with E-state index in [1.165, 1.54) is 11.3 Å². The van der Waals surface area contributed by atoms with E-state index >= 15 is 0 Å². The monoisotopic (exact) mass is 671 g/mol. The Kier molecular flexibility index (Phi) is 13.7. The van der Waals surface area contributed by atoms with Crippen molar-refractivity contribution in [2.24, 2.45) is 11.7 Å². The molecule has 0 saturated carbocycles. The fraction of sp³-hybridized carbons (Fsp3) is 0.500. The van der Waals surface area contributed by atoms with Crippen LogP contribution in [0.25, 0.3) is 10.2 Å². The Balaban J connectivity index is 1.51. The second kappa shape index (κ2) is 17.9. The van der Waals surface area contributed by atoms with Crippen molar-refractivity contribution in [1.82, 2.24) is 31.2 Å². The topological polar surface area (TPSA) is 177 Å². The Morgan fingerprint density at radius 3 is 2.54 bits per heavy atom. The number of nitrogens with two attached hydrogens (primary N) is 1. The van der Waals surface area contributed by atoms with Gasteiger partial charge in [-0.15, -0.1) is 11.3 Å². The van der Waals surface area contributed by atoms with Crippen LogP contribution in [-0.2, 0) is 36.9 Å². The number of halogens is 1. The number of nitrogens with zero attached hydrogens (tertiary/aromatic N) is 2. The molecule has 4 amide bonds. The molecule has 12 nitrogen and oxygen atoms in total. The summed E-state index contributed by atoms with van der Waals surface area (Å²) in [6.07, 6.45) is 4.75. The van der Waals surface area contributed by atoms with Crippen LogP contribution in [0, 0.1) is 5.92 Å². The molecule has 1 aliphatic rings. The van der Waals surface area contributed by atoms with Gasteiger partial charge in [-0.3, -0.25) is 24.2 Å². The highest BCUT2D eigenvalue weighted by atomic mass is 35.5. The minimum atomic E-state index is -0.972. The molecule has 4 rings (SSSR count). The van der Waals surface area contributed by atoms with Crippen LogP contribution in [0.1, 0.15) is 56.2 Å². The normalized spacial score (nSPS) is 15.5. The maximum Gasteiger partial charge on any atom is 0.243 e. The number of carbonyl (C=O) groups excluding carboxylic acids is 4. The van der Waals surface area contributed by atoms with Gasteiger partial charge in [-0.25, -0.2) is 4.98 Å². The van der Waals surface area contributed by atoms with Crippen molar-refractivity contribution >= 4 is 56.8 Å². The highest BCUT2D eigenvalue weighted by Gasteiger charge is 2.35. The first-order valence-corrected chi connectivity index (χ1v) is 16.9. The van der Waals surface area contributed by atoms with E-state index in [0.717, 1.165) is 10.2 Å². The molecular formula is C32H42ClN7O5S. The molecular weight excluding hydrogens is 630 g/mol. The van der Waals surface area contributed by atoms with Crippen molar-refractivity contribution < 1.29 is 23.9 Å². The molecule has 0 radical (unpaired) electrons. The van der Waals surface area contributed by atoms with Crippen molar-refractivity contribution in [3.05, 3.63) is 58.3 Å². The van der Waals surface area contributed by atoms with Gasteiger partial charge in [0, 0.05) is 37.3 Å². The zero-order valence-electron chi connectivity index (χ0n) is 25.9. The number of rotatable bonds is 16. The van der Waals surface area contributed by atoms with E-state index in [-0.39, 0.29) is 37.1 Å². The smallest absolute Gasteiger partial charge is 0.243 e. The Bertz CT molecular complexity index is 1470. The quantitative estimate of drug-likeness (QED) is 0.144. The molecule has 1 saturated heterocycles. The number of thiazole rings is 1. The van der Waals surface area contributed by atoms with Gasteiger partial charge in [-0.2, -0.15) is 0 Å². The molecule has 248 valence electrons. The molecule has 0 spiro atoms. The van der Waals surface area contributed by atoms with Gasteiger partial charge in [0.1, 0.15) is 18.1 Å². The number of amides is 4. The molecule has 0 bridgehead atoms. The molecule has 2 aromatic heterocycles. The highest BCUT2D eigenvalue weighted by molar-refractivity contribution is 7.18. The molecule has 1 aliphatic heterocycles. The minimum absolute atomic E-state index is 0.133. The van der Waals surface area contributed by atoms with Crippen LogP contribution in [-0.4, -0.2) is 71.5 Å². The van der Waals surface area contributed by atoms with Gasteiger partial charge in [-0.1, -0.05) is 24.6 Å². The maximum absolute atomic E-state index is 13.9. The van der Waals surface area contributed by atoms with E-state index in [0.29, 0.717) is 67.6 Å². The fourth-order valence-corrected chi connectivity index (χ4v) is 6.53. The van der Waals surface area contributed by atoms with E-state index in [1.54, 1.807) is 43.5 Å². The first kappa shape index (κ1) is 35.2. The van der Waals surface area contributed by atoms with Crippen molar-refractivity contribution in [3.63, 3.8) is 0 Å². The van der Waals surface area contributed by atoms with E-state index in [9.17, 15) is 19.2 Å². The van der Waals surface area contributed by atoms with Crippen LogP contribution in [0.2, 0.25) is 5.02 Å². The predicted molar refractivity (Wildman–Crippen MR) is 177 cm³/mol. The molecule has 3 aromatic rings. The third kappa shape index (κ3) is 10.4. The summed E-state index contributed by atoms with van der Waals surface area (Å²) in [6, 6.07) is 8.02. The number of hydrogen-bond donors (Lipinski definition) is 5. The number of ether oxygens (including phenoxy) is 1. The molecule has 0 aliphatic carbocycles. The molecule has 0 unspecified atom stereocenters. The lowest BCUT2D eigenvalue weighted by Gasteiger charge is -2.32. The highest BCUT2D eigenvalue weighted by Crippen LogP contribution is 2.26. The number of pyridine rings is 1. The predicted octanol–water partition coefficient (Wildman–Crippen LogP) is 2.62. The lowest BCUT2D eigenvalue weighted by atomic mass is 9.90. The molecule has 3 heterocycles. The SMILES string of the molecule is CCC(=O)N[C@@H](Cc1nc2ccc(Cl)cc2s1)C(=O)N[C@H](C(=O)N[C@@H](CCCCN)C(=O)NCc1ccccn1)C1CCOCC1. The van der Waals surface area contributed by atoms with Crippen LogP contribution < -0.4 is 27.0 Å². The largest absolute Gasteiger partial charge is 0.381 e. The lowest BCUT2D eigenvalue weighted by molar-refractivity contribution is -0.135. The van der Waals surface area contributed by atoms with Gasteiger partial charge < -0.3 is 31.7 Å². The van der Waals surface area contributed by atoms with Gasteiger partial charge in [0.25, 0.3) is 0 Å².